The molecule has 6 heteroatoms. The Morgan fingerprint density at radius 3 is 2.81 bits per heavy atom. The molecule has 1 aromatic heterocycles. The molecule has 3 nitrogen and oxygen atoms in total. The Kier molecular flexibility index (Phi) is 3.96. The van der Waals surface area contributed by atoms with Crippen LogP contribution in [0.4, 0.5) is 14.5 Å². The fraction of sp³-hybridized carbons (Fsp3) is 0.133. The van der Waals surface area contributed by atoms with Crippen molar-refractivity contribution in [1.29, 1.82) is 0 Å². The van der Waals surface area contributed by atoms with Gasteiger partial charge in [0.2, 0.25) is 0 Å². The quantitative estimate of drug-likeness (QED) is 0.937. The molecule has 0 bridgehead atoms. The Balaban J connectivity index is 1.66. The molecule has 0 saturated heterocycles. The third-order valence-electron chi connectivity index (χ3n) is 3.12. The van der Waals surface area contributed by atoms with Crippen LogP contribution in [-0.4, -0.2) is 12.5 Å². The molecule has 1 aliphatic rings. The number of nitrogens with one attached hydrogen (secondary N) is 1. The second-order valence-electron chi connectivity index (χ2n) is 4.52. The molecule has 108 valence electrons. The SMILES string of the molecule is FC1=CN(c2ccsc2)CN=C1NCc1ccccc1F. The van der Waals surface area contributed by atoms with E-state index in [1.807, 2.05) is 16.8 Å². The Labute approximate surface area is 125 Å². The summed E-state index contributed by atoms with van der Waals surface area (Å²) in [5.74, 6) is -0.612. The van der Waals surface area contributed by atoms with Gasteiger partial charge in [0.1, 0.15) is 12.5 Å². The minimum Gasteiger partial charge on any atom is -0.364 e. The number of hydrogen-bond acceptors (Lipinski definition) is 4. The van der Waals surface area contributed by atoms with Gasteiger partial charge < -0.3 is 10.2 Å². The molecule has 0 radical (unpaired) electrons. The van der Waals surface area contributed by atoms with Crippen molar-refractivity contribution in [2.45, 2.75) is 6.54 Å². The van der Waals surface area contributed by atoms with Crippen LogP contribution >= 0.6 is 11.3 Å². The van der Waals surface area contributed by atoms with E-state index in [4.69, 9.17) is 0 Å². The van der Waals surface area contributed by atoms with Crippen molar-refractivity contribution in [3.63, 3.8) is 0 Å². The van der Waals surface area contributed by atoms with Crippen LogP contribution in [0.25, 0.3) is 0 Å². The van der Waals surface area contributed by atoms with E-state index in [2.05, 4.69) is 10.3 Å². The summed E-state index contributed by atoms with van der Waals surface area (Å²) in [4.78, 5) is 5.89. The number of aliphatic imine (C=N–C) groups is 1. The molecule has 0 saturated carbocycles. The third-order valence-corrected chi connectivity index (χ3v) is 3.79. The number of nitrogens with zero attached hydrogens (tertiary/aromatic N) is 2. The summed E-state index contributed by atoms with van der Waals surface area (Å²) in [6, 6.07) is 8.31. The lowest BCUT2D eigenvalue weighted by Crippen LogP contribution is -2.31. The first kappa shape index (κ1) is 13.8. The summed E-state index contributed by atoms with van der Waals surface area (Å²) in [6.45, 7) is 0.537. The maximum absolute atomic E-state index is 14.0. The first-order valence-electron chi connectivity index (χ1n) is 6.42. The lowest BCUT2D eigenvalue weighted by atomic mass is 10.2. The number of amidine groups is 1. The average molecular weight is 305 g/mol. The van der Waals surface area contributed by atoms with Gasteiger partial charge >= 0.3 is 0 Å². The van der Waals surface area contributed by atoms with Gasteiger partial charge in [-0.1, -0.05) is 18.2 Å². The van der Waals surface area contributed by atoms with Crippen LogP contribution in [-0.2, 0) is 6.54 Å². The molecule has 0 atom stereocenters. The molecule has 0 unspecified atom stereocenters. The third kappa shape index (κ3) is 3.11. The van der Waals surface area contributed by atoms with E-state index in [-0.39, 0.29) is 18.2 Å². The lowest BCUT2D eigenvalue weighted by Gasteiger charge is -2.22. The van der Waals surface area contributed by atoms with E-state index in [1.165, 1.54) is 12.3 Å². The van der Waals surface area contributed by atoms with Gasteiger partial charge in [-0.3, -0.25) is 0 Å². The van der Waals surface area contributed by atoms with Gasteiger partial charge in [-0.25, -0.2) is 13.8 Å². The molecule has 1 aromatic carbocycles. The van der Waals surface area contributed by atoms with Gasteiger partial charge in [0.05, 0.1) is 5.69 Å². The minimum absolute atomic E-state index is 0.157. The average Bonchev–Trinajstić information content (AvgIpc) is 3.02. The first-order chi connectivity index (χ1) is 10.2. The molecule has 1 N–H and O–H groups in total. The van der Waals surface area contributed by atoms with Crippen LogP contribution < -0.4 is 10.2 Å². The molecule has 2 aromatic rings. The van der Waals surface area contributed by atoms with E-state index < -0.39 is 5.83 Å². The highest BCUT2D eigenvalue weighted by atomic mass is 32.1. The van der Waals surface area contributed by atoms with E-state index in [1.54, 1.807) is 34.4 Å². The predicted octanol–water partition coefficient (Wildman–Crippen LogP) is 3.66. The second-order valence-corrected chi connectivity index (χ2v) is 5.30. The number of thiophene rings is 1. The van der Waals surface area contributed by atoms with Gasteiger partial charge in [0, 0.05) is 23.7 Å². The molecule has 21 heavy (non-hydrogen) atoms. The summed E-state index contributed by atoms with van der Waals surface area (Å²) in [7, 11) is 0. The van der Waals surface area contributed by atoms with Crippen molar-refractivity contribution in [3.8, 4) is 0 Å². The number of anilines is 1. The van der Waals surface area contributed by atoms with Crippen LogP contribution in [0.1, 0.15) is 5.56 Å². The highest BCUT2D eigenvalue weighted by Gasteiger charge is 2.16. The minimum atomic E-state index is -0.455. The lowest BCUT2D eigenvalue weighted by molar-refractivity contribution is 0.602. The molecule has 1 aliphatic heterocycles. The summed E-state index contributed by atoms with van der Waals surface area (Å²) >= 11 is 1.55. The molecular weight excluding hydrogens is 292 g/mol. The Hall–Kier alpha value is -2.21. The number of halogens is 2. The van der Waals surface area contributed by atoms with Gasteiger partial charge in [-0.05, 0) is 17.5 Å². The highest BCUT2D eigenvalue weighted by Crippen LogP contribution is 2.21. The first-order valence-corrected chi connectivity index (χ1v) is 7.36. The summed E-state index contributed by atoms with van der Waals surface area (Å²) < 4.78 is 27.5. The number of hydrogen-bond donors (Lipinski definition) is 1. The van der Waals surface area contributed by atoms with E-state index >= 15 is 0 Å². The van der Waals surface area contributed by atoms with E-state index in [0.29, 0.717) is 12.2 Å². The molecule has 0 spiro atoms. The molecule has 3 rings (SSSR count). The van der Waals surface area contributed by atoms with Gasteiger partial charge in [0.15, 0.2) is 11.7 Å². The van der Waals surface area contributed by atoms with Gasteiger partial charge in [-0.15, -0.1) is 0 Å². The van der Waals surface area contributed by atoms with Crippen LogP contribution in [0.15, 0.2) is 58.1 Å². The molecule has 2 heterocycles. The standard InChI is InChI=1S/C15H13F2N3S/c16-13-4-2-1-3-11(13)7-18-15-14(17)8-20(10-19-15)12-5-6-21-9-12/h1-6,8-9H,7,10H2,(H,18,19). The van der Waals surface area contributed by atoms with Gasteiger partial charge in [0.25, 0.3) is 0 Å². The fourth-order valence-electron chi connectivity index (χ4n) is 2.00. The Bertz CT molecular complexity index is 680. The maximum Gasteiger partial charge on any atom is 0.181 e. The Morgan fingerprint density at radius 1 is 1.24 bits per heavy atom. The van der Waals surface area contributed by atoms with Crippen LogP contribution in [0, 0.1) is 5.82 Å². The zero-order chi connectivity index (χ0) is 14.7. The molecular formula is C15H13F2N3S. The smallest absolute Gasteiger partial charge is 0.181 e. The van der Waals surface area contributed by atoms with Crippen molar-refractivity contribution < 1.29 is 8.78 Å². The van der Waals surface area contributed by atoms with Crippen LogP contribution in [0.5, 0.6) is 0 Å². The number of rotatable bonds is 3. The number of benzene rings is 1. The zero-order valence-corrected chi connectivity index (χ0v) is 11.9. The van der Waals surface area contributed by atoms with Gasteiger partial charge in [-0.2, -0.15) is 11.3 Å². The van der Waals surface area contributed by atoms with Crippen molar-refractivity contribution in [2.75, 3.05) is 11.6 Å². The zero-order valence-electron chi connectivity index (χ0n) is 11.1. The van der Waals surface area contributed by atoms with Crippen molar-refractivity contribution in [2.24, 2.45) is 4.99 Å². The van der Waals surface area contributed by atoms with Crippen molar-refractivity contribution >= 4 is 22.9 Å². The van der Waals surface area contributed by atoms with Crippen molar-refractivity contribution in [1.82, 2.24) is 5.32 Å². The Morgan fingerprint density at radius 2 is 2.10 bits per heavy atom. The topological polar surface area (TPSA) is 27.6 Å². The highest BCUT2D eigenvalue weighted by molar-refractivity contribution is 7.08. The van der Waals surface area contributed by atoms with E-state index in [0.717, 1.165) is 5.69 Å². The maximum atomic E-state index is 14.0. The van der Waals surface area contributed by atoms with Crippen LogP contribution in [0.3, 0.4) is 0 Å². The largest absolute Gasteiger partial charge is 0.364 e. The fourth-order valence-corrected chi connectivity index (χ4v) is 2.65. The molecule has 0 fully saturated rings. The molecule has 0 aliphatic carbocycles. The molecule has 0 amide bonds. The van der Waals surface area contributed by atoms with Crippen molar-refractivity contribution in [3.05, 3.63) is 64.5 Å². The summed E-state index contributed by atoms with van der Waals surface area (Å²) in [5.41, 5.74) is 1.39. The van der Waals surface area contributed by atoms with Crippen LogP contribution in [0.2, 0.25) is 0 Å². The monoisotopic (exact) mass is 305 g/mol. The summed E-state index contributed by atoms with van der Waals surface area (Å²) in [5, 5.41) is 6.69. The van der Waals surface area contributed by atoms with E-state index in [9.17, 15) is 8.78 Å². The summed E-state index contributed by atoms with van der Waals surface area (Å²) in [6.07, 6.45) is 1.40. The second kappa shape index (κ2) is 6.05. The normalized spacial score (nSPS) is 14.7. The predicted molar refractivity (Wildman–Crippen MR) is 81.5 cm³/mol.